The highest BCUT2D eigenvalue weighted by Gasteiger charge is 2.63. The second kappa shape index (κ2) is 9.59. The van der Waals surface area contributed by atoms with E-state index in [1.165, 1.54) is 0 Å². The second-order valence-electron chi connectivity index (χ2n) is 9.19. The highest BCUT2D eigenvalue weighted by molar-refractivity contribution is 5.85. The van der Waals surface area contributed by atoms with Gasteiger partial charge in [-0.1, -0.05) is 60.7 Å². The lowest BCUT2D eigenvalue weighted by molar-refractivity contribution is -0.167. The van der Waals surface area contributed by atoms with Crippen molar-refractivity contribution >= 4 is 12.4 Å². The van der Waals surface area contributed by atoms with Crippen molar-refractivity contribution in [2.24, 2.45) is 11.8 Å². The van der Waals surface area contributed by atoms with E-state index in [0.29, 0.717) is 30.0 Å². The maximum Gasteiger partial charge on any atom is 0.125 e. The summed E-state index contributed by atoms with van der Waals surface area (Å²) < 4.78 is 11.1. The standard InChI is InChI=1S/C28H31NO4.ClH/c1-32-21-13-14-25(33-2)22(15-21)28(31)24-18-29-17-23(24)27(16-26(28)30,19-9-5-3-6-10-19)20-11-7-4-8-12-20;/h3-15,23-24,26,29-31H,16-18H2,1-2H3;1H/t23-,24+,26-,28+;/m1./s1. The van der Waals surface area contributed by atoms with Crippen molar-refractivity contribution in [2.45, 2.75) is 23.5 Å². The summed E-state index contributed by atoms with van der Waals surface area (Å²) >= 11 is 0. The van der Waals surface area contributed by atoms with E-state index in [2.05, 4.69) is 53.8 Å². The summed E-state index contributed by atoms with van der Waals surface area (Å²) in [5.74, 6) is 1.00. The minimum atomic E-state index is -1.49. The van der Waals surface area contributed by atoms with Crippen molar-refractivity contribution < 1.29 is 19.7 Å². The maximum atomic E-state index is 12.3. The van der Waals surface area contributed by atoms with E-state index >= 15 is 0 Å². The number of methoxy groups -OCH3 is 2. The molecule has 3 aromatic carbocycles. The molecule has 2 fully saturated rings. The van der Waals surface area contributed by atoms with Gasteiger partial charge in [0.1, 0.15) is 17.1 Å². The van der Waals surface area contributed by atoms with Gasteiger partial charge in [-0.05, 0) is 48.2 Å². The lowest BCUT2D eigenvalue weighted by Crippen LogP contribution is -2.60. The van der Waals surface area contributed by atoms with Gasteiger partial charge < -0.3 is 25.0 Å². The summed E-state index contributed by atoms with van der Waals surface area (Å²) in [5, 5.41) is 27.6. The van der Waals surface area contributed by atoms with Crippen LogP contribution in [-0.2, 0) is 11.0 Å². The number of aliphatic hydroxyl groups excluding tert-OH is 1. The highest BCUT2D eigenvalue weighted by atomic mass is 35.5. The van der Waals surface area contributed by atoms with Crippen LogP contribution in [0.3, 0.4) is 0 Å². The molecule has 1 aliphatic carbocycles. The van der Waals surface area contributed by atoms with E-state index in [4.69, 9.17) is 9.47 Å². The minimum Gasteiger partial charge on any atom is -0.497 e. The zero-order valence-electron chi connectivity index (χ0n) is 19.5. The predicted octanol–water partition coefficient (Wildman–Crippen LogP) is 3.90. The average Bonchev–Trinajstić information content (AvgIpc) is 3.38. The molecule has 2 aliphatic rings. The summed E-state index contributed by atoms with van der Waals surface area (Å²) in [5.41, 5.74) is 0.975. The largest absolute Gasteiger partial charge is 0.497 e. The van der Waals surface area contributed by atoms with Crippen LogP contribution in [0.5, 0.6) is 11.5 Å². The average molecular weight is 482 g/mol. The third-order valence-corrected chi connectivity index (χ3v) is 7.85. The number of aliphatic hydroxyl groups is 2. The van der Waals surface area contributed by atoms with Crippen molar-refractivity contribution in [3.63, 3.8) is 0 Å². The van der Waals surface area contributed by atoms with Crippen LogP contribution in [0.25, 0.3) is 0 Å². The van der Waals surface area contributed by atoms with Crippen LogP contribution in [0.15, 0.2) is 78.9 Å². The molecule has 0 spiro atoms. The molecule has 5 rings (SSSR count). The van der Waals surface area contributed by atoms with E-state index < -0.39 is 17.1 Å². The Labute approximate surface area is 207 Å². The topological polar surface area (TPSA) is 71.0 Å². The van der Waals surface area contributed by atoms with Crippen molar-refractivity contribution in [3.05, 3.63) is 95.6 Å². The molecule has 0 bridgehead atoms. The first-order valence-corrected chi connectivity index (χ1v) is 11.5. The molecule has 6 heteroatoms. The van der Waals surface area contributed by atoms with Crippen LogP contribution >= 0.6 is 12.4 Å². The Kier molecular flexibility index (Phi) is 6.92. The Hall–Kier alpha value is -2.57. The normalized spacial score (nSPS) is 27.4. The first-order valence-electron chi connectivity index (χ1n) is 11.5. The lowest BCUT2D eigenvalue weighted by Gasteiger charge is -2.55. The van der Waals surface area contributed by atoms with Gasteiger partial charge in [-0.25, -0.2) is 0 Å². The quantitative estimate of drug-likeness (QED) is 0.515. The molecule has 1 saturated carbocycles. The molecule has 3 aromatic rings. The summed E-state index contributed by atoms with van der Waals surface area (Å²) in [6, 6.07) is 26.2. The van der Waals surface area contributed by atoms with Crippen molar-refractivity contribution in [1.29, 1.82) is 0 Å². The monoisotopic (exact) mass is 481 g/mol. The molecule has 0 aromatic heterocycles. The molecule has 1 aliphatic heterocycles. The van der Waals surface area contributed by atoms with Crippen LogP contribution < -0.4 is 14.8 Å². The molecular weight excluding hydrogens is 450 g/mol. The van der Waals surface area contributed by atoms with Crippen LogP contribution in [0.2, 0.25) is 0 Å². The van der Waals surface area contributed by atoms with E-state index in [0.717, 1.165) is 17.7 Å². The molecule has 34 heavy (non-hydrogen) atoms. The number of hydrogen-bond acceptors (Lipinski definition) is 5. The summed E-state index contributed by atoms with van der Waals surface area (Å²) in [7, 11) is 3.19. The SMILES string of the molecule is COc1ccc(OC)c([C@@]2(O)[C@H](O)CC(c3ccccc3)(c3ccccc3)[C@@H]3CNC[C@@H]32)c1.Cl. The van der Waals surface area contributed by atoms with Crippen LogP contribution in [0, 0.1) is 11.8 Å². The van der Waals surface area contributed by atoms with Crippen molar-refractivity contribution in [1.82, 2.24) is 5.32 Å². The number of hydrogen-bond donors (Lipinski definition) is 3. The zero-order chi connectivity index (χ0) is 23.1. The Bertz CT molecular complexity index is 1070. The molecule has 0 amide bonds. The molecule has 1 saturated heterocycles. The van der Waals surface area contributed by atoms with Gasteiger partial charge in [-0.2, -0.15) is 0 Å². The number of ether oxygens (including phenoxy) is 2. The number of halogens is 1. The molecule has 4 atom stereocenters. The van der Waals surface area contributed by atoms with Crippen LogP contribution in [0.1, 0.15) is 23.1 Å². The summed E-state index contributed by atoms with van der Waals surface area (Å²) in [4.78, 5) is 0. The van der Waals surface area contributed by atoms with Gasteiger partial charge >= 0.3 is 0 Å². The third kappa shape index (κ3) is 3.59. The van der Waals surface area contributed by atoms with E-state index in [-0.39, 0.29) is 24.2 Å². The van der Waals surface area contributed by atoms with Gasteiger partial charge in [0.2, 0.25) is 0 Å². The Morgan fingerprint density at radius 2 is 1.41 bits per heavy atom. The van der Waals surface area contributed by atoms with Crippen molar-refractivity contribution in [3.8, 4) is 11.5 Å². The molecule has 180 valence electrons. The molecule has 0 unspecified atom stereocenters. The number of nitrogens with one attached hydrogen (secondary N) is 1. The summed E-state index contributed by atoms with van der Waals surface area (Å²) in [6.45, 7) is 1.34. The predicted molar refractivity (Wildman–Crippen MR) is 135 cm³/mol. The third-order valence-electron chi connectivity index (χ3n) is 7.85. The van der Waals surface area contributed by atoms with Gasteiger partial charge in [0.25, 0.3) is 0 Å². The fourth-order valence-corrected chi connectivity index (χ4v) is 6.33. The molecule has 3 N–H and O–H groups in total. The number of rotatable bonds is 5. The van der Waals surface area contributed by atoms with E-state index in [9.17, 15) is 10.2 Å². The van der Waals surface area contributed by atoms with Crippen LogP contribution in [-0.4, -0.2) is 43.6 Å². The van der Waals surface area contributed by atoms with Crippen LogP contribution in [0.4, 0.5) is 0 Å². The first kappa shape index (κ1) is 24.6. The maximum absolute atomic E-state index is 12.3. The first-order chi connectivity index (χ1) is 16.1. The molecule has 0 radical (unpaired) electrons. The van der Waals surface area contributed by atoms with Gasteiger partial charge in [0, 0.05) is 23.4 Å². The van der Waals surface area contributed by atoms with Gasteiger partial charge in [0.15, 0.2) is 0 Å². The van der Waals surface area contributed by atoms with E-state index in [1.54, 1.807) is 26.4 Å². The lowest BCUT2D eigenvalue weighted by atomic mass is 9.51. The highest BCUT2D eigenvalue weighted by Crippen LogP contribution is 2.59. The fraction of sp³-hybridized carbons (Fsp3) is 0.357. The number of fused-ring (bicyclic) bond motifs is 1. The second-order valence-corrected chi connectivity index (χ2v) is 9.19. The molecule has 1 heterocycles. The smallest absolute Gasteiger partial charge is 0.125 e. The minimum absolute atomic E-state index is 0. The fourth-order valence-electron chi connectivity index (χ4n) is 6.33. The Morgan fingerprint density at radius 3 is 1.97 bits per heavy atom. The molecule has 5 nitrogen and oxygen atoms in total. The Balaban J connectivity index is 0.00000274. The Morgan fingerprint density at radius 1 is 0.824 bits per heavy atom. The van der Waals surface area contributed by atoms with E-state index in [1.807, 2.05) is 18.2 Å². The van der Waals surface area contributed by atoms with Crippen molar-refractivity contribution in [2.75, 3.05) is 27.3 Å². The van der Waals surface area contributed by atoms with Gasteiger partial charge in [0.05, 0.1) is 20.3 Å². The van der Waals surface area contributed by atoms with Gasteiger partial charge in [-0.3, -0.25) is 0 Å². The summed E-state index contributed by atoms with van der Waals surface area (Å²) in [6.07, 6.45) is -0.624. The van der Waals surface area contributed by atoms with Gasteiger partial charge in [-0.15, -0.1) is 12.4 Å². The zero-order valence-corrected chi connectivity index (χ0v) is 20.3. The molecular formula is C28H32ClNO4. The number of benzene rings is 3.